The third-order valence-electron chi connectivity index (χ3n) is 4.17. The van der Waals surface area contributed by atoms with Gasteiger partial charge in [-0.25, -0.2) is 0 Å². The summed E-state index contributed by atoms with van der Waals surface area (Å²) < 4.78 is 5.72. The molecule has 3 rings (SSSR count). The first-order valence-corrected chi connectivity index (χ1v) is 7.74. The van der Waals surface area contributed by atoms with Crippen molar-refractivity contribution in [2.45, 2.75) is 25.5 Å². The average molecular weight is 295 g/mol. The van der Waals surface area contributed by atoms with Gasteiger partial charge in [0.2, 0.25) is 5.91 Å². The highest BCUT2D eigenvalue weighted by molar-refractivity contribution is 5.78. The van der Waals surface area contributed by atoms with Crippen LogP contribution in [0.4, 0.5) is 0 Å². The van der Waals surface area contributed by atoms with Crippen molar-refractivity contribution in [2.75, 3.05) is 13.2 Å². The second kappa shape index (κ2) is 6.75. The lowest BCUT2D eigenvalue weighted by atomic mass is 10.0. The molecule has 1 saturated heterocycles. The molecule has 0 saturated carbocycles. The van der Waals surface area contributed by atoms with Gasteiger partial charge in [0.25, 0.3) is 0 Å². The first kappa shape index (κ1) is 14.8. The molecule has 0 radical (unpaired) electrons. The number of carbonyl (C=O) groups is 1. The highest BCUT2D eigenvalue weighted by Gasteiger charge is 2.30. The van der Waals surface area contributed by atoms with Gasteiger partial charge in [0.1, 0.15) is 12.7 Å². The van der Waals surface area contributed by atoms with Crippen LogP contribution in [-0.4, -0.2) is 30.0 Å². The van der Waals surface area contributed by atoms with Crippen molar-refractivity contribution in [1.82, 2.24) is 4.90 Å². The van der Waals surface area contributed by atoms with Gasteiger partial charge in [-0.15, -0.1) is 0 Å². The van der Waals surface area contributed by atoms with Crippen molar-refractivity contribution in [3.63, 3.8) is 0 Å². The van der Waals surface area contributed by atoms with E-state index in [0.29, 0.717) is 6.54 Å². The maximum atomic E-state index is 12.2. The fourth-order valence-corrected chi connectivity index (χ4v) is 2.95. The molecule has 2 atom stereocenters. The lowest BCUT2D eigenvalue weighted by molar-refractivity contribution is -0.152. The Balaban J connectivity index is 1.70. The van der Waals surface area contributed by atoms with Crippen LogP contribution < -0.4 is 0 Å². The second-order valence-corrected chi connectivity index (χ2v) is 5.80. The van der Waals surface area contributed by atoms with Crippen molar-refractivity contribution in [3.05, 3.63) is 71.8 Å². The van der Waals surface area contributed by atoms with Gasteiger partial charge in [0, 0.05) is 6.04 Å². The number of hydrogen-bond acceptors (Lipinski definition) is 2. The third-order valence-corrected chi connectivity index (χ3v) is 4.17. The maximum Gasteiger partial charge on any atom is 0.248 e. The molecule has 0 aliphatic carbocycles. The normalized spacial score (nSPS) is 20.0. The Bertz CT molecular complexity index is 612. The summed E-state index contributed by atoms with van der Waals surface area (Å²) in [6, 6.07) is 20.6. The van der Waals surface area contributed by atoms with Gasteiger partial charge in [-0.3, -0.25) is 4.79 Å². The number of amides is 1. The summed E-state index contributed by atoms with van der Waals surface area (Å²) >= 11 is 0. The van der Waals surface area contributed by atoms with Gasteiger partial charge in [0.15, 0.2) is 0 Å². The highest BCUT2D eigenvalue weighted by Crippen LogP contribution is 2.24. The molecule has 0 bridgehead atoms. The van der Waals surface area contributed by atoms with E-state index in [2.05, 4.69) is 31.2 Å². The summed E-state index contributed by atoms with van der Waals surface area (Å²) in [6.07, 6.45) is 0.839. The molecule has 1 amide bonds. The predicted molar refractivity (Wildman–Crippen MR) is 86.5 cm³/mol. The van der Waals surface area contributed by atoms with E-state index in [1.165, 1.54) is 5.56 Å². The van der Waals surface area contributed by atoms with Crippen LogP contribution in [-0.2, 0) is 16.0 Å². The minimum absolute atomic E-state index is 0.0304. The highest BCUT2D eigenvalue weighted by atomic mass is 16.5. The van der Waals surface area contributed by atoms with Gasteiger partial charge < -0.3 is 9.64 Å². The van der Waals surface area contributed by atoms with Crippen molar-refractivity contribution < 1.29 is 9.53 Å². The van der Waals surface area contributed by atoms with Gasteiger partial charge in [-0.05, 0) is 24.5 Å². The molecule has 1 aliphatic rings. The quantitative estimate of drug-likeness (QED) is 0.867. The van der Waals surface area contributed by atoms with Gasteiger partial charge in [0.05, 0.1) is 6.54 Å². The SMILES string of the molecule is CC(Cc1ccccc1)N1CC(c2ccccc2)OCC1=O. The molecule has 2 unspecified atom stereocenters. The predicted octanol–water partition coefficient (Wildman–Crippen LogP) is 3.22. The fourth-order valence-electron chi connectivity index (χ4n) is 2.95. The van der Waals surface area contributed by atoms with E-state index >= 15 is 0 Å². The largest absolute Gasteiger partial charge is 0.362 e. The minimum atomic E-state index is -0.0304. The van der Waals surface area contributed by atoms with Gasteiger partial charge >= 0.3 is 0 Å². The molecule has 1 fully saturated rings. The monoisotopic (exact) mass is 295 g/mol. The van der Waals surface area contributed by atoms with E-state index in [-0.39, 0.29) is 24.7 Å². The molecule has 22 heavy (non-hydrogen) atoms. The Kier molecular flexibility index (Phi) is 4.54. The summed E-state index contributed by atoms with van der Waals surface area (Å²) in [5.74, 6) is 0.0793. The molecule has 2 aromatic carbocycles. The molecular formula is C19H21NO2. The van der Waals surface area contributed by atoms with Crippen LogP contribution in [0.25, 0.3) is 0 Å². The Morgan fingerprint density at radius 2 is 1.73 bits per heavy atom. The summed E-state index contributed by atoms with van der Waals surface area (Å²) in [5, 5.41) is 0. The smallest absolute Gasteiger partial charge is 0.248 e. The third kappa shape index (κ3) is 3.37. The number of nitrogens with zero attached hydrogens (tertiary/aromatic N) is 1. The van der Waals surface area contributed by atoms with Crippen LogP contribution in [0.3, 0.4) is 0 Å². The summed E-state index contributed by atoms with van der Waals surface area (Å²) in [4.78, 5) is 14.2. The van der Waals surface area contributed by atoms with Crippen LogP contribution in [0.15, 0.2) is 60.7 Å². The van der Waals surface area contributed by atoms with Crippen molar-refractivity contribution in [3.8, 4) is 0 Å². The Hall–Kier alpha value is -2.13. The zero-order valence-corrected chi connectivity index (χ0v) is 12.8. The standard InChI is InChI=1S/C19H21NO2/c1-15(12-16-8-4-2-5-9-16)20-13-18(22-14-19(20)21)17-10-6-3-7-11-17/h2-11,15,18H,12-14H2,1H3. The maximum absolute atomic E-state index is 12.2. The zero-order chi connectivity index (χ0) is 15.4. The lowest BCUT2D eigenvalue weighted by Crippen LogP contribution is -2.48. The number of morpholine rings is 1. The first-order valence-electron chi connectivity index (χ1n) is 7.74. The van der Waals surface area contributed by atoms with Crippen LogP contribution in [0, 0.1) is 0 Å². The minimum Gasteiger partial charge on any atom is -0.362 e. The van der Waals surface area contributed by atoms with Crippen LogP contribution in [0.5, 0.6) is 0 Å². The van der Waals surface area contributed by atoms with E-state index in [1.54, 1.807) is 0 Å². The van der Waals surface area contributed by atoms with Crippen LogP contribution in [0.1, 0.15) is 24.2 Å². The second-order valence-electron chi connectivity index (χ2n) is 5.80. The molecule has 1 heterocycles. The van der Waals surface area contributed by atoms with Crippen molar-refractivity contribution in [2.24, 2.45) is 0 Å². The Morgan fingerprint density at radius 1 is 1.09 bits per heavy atom. The molecule has 1 aliphatic heterocycles. The number of rotatable bonds is 4. The molecule has 0 N–H and O–H groups in total. The van der Waals surface area contributed by atoms with Gasteiger partial charge in [-0.1, -0.05) is 60.7 Å². The molecule has 3 nitrogen and oxygen atoms in total. The summed E-state index contributed by atoms with van der Waals surface area (Å²) in [7, 11) is 0. The zero-order valence-electron chi connectivity index (χ0n) is 12.8. The topological polar surface area (TPSA) is 29.5 Å². The number of ether oxygens (including phenoxy) is 1. The van der Waals surface area contributed by atoms with Crippen molar-refractivity contribution >= 4 is 5.91 Å². The molecule has 3 heteroatoms. The van der Waals surface area contributed by atoms with E-state index in [4.69, 9.17) is 4.74 Å². The van der Waals surface area contributed by atoms with Crippen molar-refractivity contribution in [1.29, 1.82) is 0 Å². The molecule has 2 aromatic rings. The van der Waals surface area contributed by atoms with Crippen LogP contribution >= 0.6 is 0 Å². The lowest BCUT2D eigenvalue weighted by Gasteiger charge is -2.37. The van der Waals surface area contributed by atoms with E-state index in [1.807, 2.05) is 41.3 Å². The van der Waals surface area contributed by atoms with E-state index in [9.17, 15) is 4.79 Å². The molecular weight excluding hydrogens is 274 g/mol. The van der Waals surface area contributed by atoms with Gasteiger partial charge in [-0.2, -0.15) is 0 Å². The molecule has 0 spiro atoms. The summed E-state index contributed by atoms with van der Waals surface area (Å²) in [6.45, 7) is 2.90. The Morgan fingerprint density at radius 3 is 2.41 bits per heavy atom. The average Bonchev–Trinajstić information content (AvgIpc) is 2.57. The van der Waals surface area contributed by atoms with Crippen LogP contribution in [0.2, 0.25) is 0 Å². The van der Waals surface area contributed by atoms with E-state index < -0.39 is 0 Å². The fraction of sp³-hybridized carbons (Fsp3) is 0.316. The first-order chi connectivity index (χ1) is 10.7. The number of benzene rings is 2. The molecule has 114 valence electrons. The van der Waals surface area contributed by atoms with E-state index in [0.717, 1.165) is 12.0 Å². The Labute approximate surface area is 131 Å². The number of carbonyl (C=O) groups excluding carboxylic acids is 1. The summed E-state index contributed by atoms with van der Waals surface area (Å²) in [5.41, 5.74) is 2.39. The number of hydrogen-bond donors (Lipinski definition) is 0. The molecule has 0 aromatic heterocycles.